The summed E-state index contributed by atoms with van der Waals surface area (Å²) >= 11 is 0. The predicted octanol–water partition coefficient (Wildman–Crippen LogP) is 2.31. The van der Waals surface area contributed by atoms with Crippen LogP contribution < -0.4 is 10.6 Å². The van der Waals surface area contributed by atoms with Crippen LogP contribution in [0.25, 0.3) is 0 Å². The second kappa shape index (κ2) is 6.36. The summed E-state index contributed by atoms with van der Waals surface area (Å²) in [5, 5.41) is 7.45. The topological polar surface area (TPSA) is 33.3 Å². The SMILES string of the molecule is CCOC(C)(C)CNC1CCCC1C1CCCN1. The van der Waals surface area contributed by atoms with Crippen molar-refractivity contribution in [2.75, 3.05) is 19.7 Å². The molecule has 0 radical (unpaired) electrons. The largest absolute Gasteiger partial charge is 0.375 e. The third kappa shape index (κ3) is 3.69. The van der Waals surface area contributed by atoms with E-state index in [0.29, 0.717) is 6.04 Å². The van der Waals surface area contributed by atoms with E-state index < -0.39 is 0 Å². The van der Waals surface area contributed by atoms with E-state index in [2.05, 4.69) is 31.4 Å². The van der Waals surface area contributed by atoms with E-state index in [1.165, 1.54) is 38.6 Å². The van der Waals surface area contributed by atoms with Gasteiger partial charge in [-0.15, -0.1) is 0 Å². The predicted molar refractivity (Wildman–Crippen MR) is 75.9 cm³/mol. The first kappa shape index (κ1) is 14.3. The minimum Gasteiger partial charge on any atom is -0.375 e. The van der Waals surface area contributed by atoms with Gasteiger partial charge in [0.05, 0.1) is 5.60 Å². The van der Waals surface area contributed by atoms with Crippen LogP contribution in [0.15, 0.2) is 0 Å². The van der Waals surface area contributed by atoms with E-state index in [9.17, 15) is 0 Å². The van der Waals surface area contributed by atoms with Gasteiger partial charge in [-0.25, -0.2) is 0 Å². The van der Waals surface area contributed by atoms with Crippen LogP contribution in [0.2, 0.25) is 0 Å². The van der Waals surface area contributed by atoms with Crippen molar-refractivity contribution in [3.63, 3.8) is 0 Å². The van der Waals surface area contributed by atoms with Crippen LogP contribution in [0.4, 0.5) is 0 Å². The summed E-state index contributed by atoms with van der Waals surface area (Å²) in [7, 11) is 0. The molecule has 1 aliphatic carbocycles. The Morgan fingerprint density at radius 2 is 2.06 bits per heavy atom. The molecule has 2 aliphatic rings. The van der Waals surface area contributed by atoms with Crippen LogP contribution in [-0.2, 0) is 4.74 Å². The maximum absolute atomic E-state index is 5.77. The number of rotatable bonds is 6. The Morgan fingerprint density at radius 3 is 2.72 bits per heavy atom. The monoisotopic (exact) mass is 254 g/mol. The number of hydrogen-bond donors (Lipinski definition) is 2. The highest BCUT2D eigenvalue weighted by Crippen LogP contribution is 2.32. The minimum absolute atomic E-state index is 0.0367. The molecule has 3 nitrogen and oxygen atoms in total. The molecule has 0 bridgehead atoms. The number of nitrogens with one attached hydrogen (secondary N) is 2. The van der Waals surface area contributed by atoms with Crippen molar-refractivity contribution in [1.82, 2.24) is 10.6 Å². The number of ether oxygens (including phenoxy) is 1. The van der Waals surface area contributed by atoms with E-state index in [1.807, 2.05) is 0 Å². The fourth-order valence-corrected chi connectivity index (χ4v) is 3.62. The van der Waals surface area contributed by atoms with Gasteiger partial charge in [0.25, 0.3) is 0 Å². The van der Waals surface area contributed by atoms with E-state index in [0.717, 1.165) is 25.1 Å². The molecular formula is C15H30N2O. The van der Waals surface area contributed by atoms with Crippen molar-refractivity contribution in [3.8, 4) is 0 Å². The molecule has 1 saturated heterocycles. The quantitative estimate of drug-likeness (QED) is 0.763. The first-order valence-corrected chi connectivity index (χ1v) is 7.73. The number of hydrogen-bond acceptors (Lipinski definition) is 3. The second-order valence-corrected chi connectivity index (χ2v) is 6.48. The Kier molecular flexibility index (Phi) is 5.05. The van der Waals surface area contributed by atoms with Gasteiger partial charge in [-0.3, -0.25) is 0 Å². The molecule has 0 spiro atoms. The normalized spacial score (nSPS) is 33.2. The van der Waals surface area contributed by atoms with Gasteiger partial charge < -0.3 is 15.4 Å². The molecule has 1 aliphatic heterocycles. The van der Waals surface area contributed by atoms with Crippen molar-refractivity contribution < 1.29 is 4.74 Å². The van der Waals surface area contributed by atoms with Gasteiger partial charge in [0.2, 0.25) is 0 Å². The molecule has 18 heavy (non-hydrogen) atoms. The average Bonchev–Trinajstić information content (AvgIpc) is 2.97. The lowest BCUT2D eigenvalue weighted by atomic mass is 9.92. The smallest absolute Gasteiger partial charge is 0.0750 e. The molecule has 0 aromatic rings. The highest BCUT2D eigenvalue weighted by molar-refractivity contribution is 4.94. The maximum atomic E-state index is 5.77. The molecule has 106 valence electrons. The van der Waals surface area contributed by atoms with Gasteiger partial charge in [0.1, 0.15) is 0 Å². The second-order valence-electron chi connectivity index (χ2n) is 6.48. The van der Waals surface area contributed by atoms with E-state index in [4.69, 9.17) is 4.74 Å². The lowest BCUT2D eigenvalue weighted by Crippen LogP contribution is -2.47. The van der Waals surface area contributed by atoms with Gasteiger partial charge in [0.15, 0.2) is 0 Å². The molecule has 2 rings (SSSR count). The summed E-state index contributed by atoms with van der Waals surface area (Å²) in [6.45, 7) is 9.42. The molecule has 1 heterocycles. The fraction of sp³-hybridized carbons (Fsp3) is 1.00. The summed E-state index contributed by atoms with van der Waals surface area (Å²) in [6, 6.07) is 1.46. The Morgan fingerprint density at radius 1 is 1.22 bits per heavy atom. The van der Waals surface area contributed by atoms with Crippen molar-refractivity contribution in [2.24, 2.45) is 5.92 Å². The maximum Gasteiger partial charge on any atom is 0.0750 e. The summed E-state index contributed by atoms with van der Waals surface area (Å²) in [6.07, 6.45) is 6.85. The van der Waals surface area contributed by atoms with Gasteiger partial charge in [-0.05, 0) is 58.9 Å². The zero-order valence-electron chi connectivity index (χ0n) is 12.3. The van der Waals surface area contributed by atoms with Gasteiger partial charge in [-0.1, -0.05) is 6.42 Å². The Hall–Kier alpha value is -0.120. The molecule has 2 fully saturated rings. The van der Waals surface area contributed by atoms with Crippen molar-refractivity contribution in [2.45, 2.75) is 70.6 Å². The summed E-state index contributed by atoms with van der Waals surface area (Å²) in [5.74, 6) is 0.838. The molecule has 3 unspecified atom stereocenters. The Balaban J connectivity index is 1.80. The summed E-state index contributed by atoms with van der Waals surface area (Å²) in [4.78, 5) is 0. The highest BCUT2D eigenvalue weighted by atomic mass is 16.5. The summed E-state index contributed by atoms with van der Waals surface area (Å²) in [5.41, 5.74) is -0.0367. The van der Waals surface area contributed by atoms with Gasteiger partial charge >= 0.3 is 0 Å². The Bertz CT molecular complexity index is 249. The highest BCUT2D eigenvalue weighted by Gasteiger charge is 2.35. The lowest BCUT2D eigenvalue weighted by molar-refractivity contribution is -0.0116. The van der Waals surface area contributed by atoms with Gasteiger partial charge in [-0.2, -0.15) is 0 Å². The third-order valence-electron chi connectivity index (χ3n) is 4.51. The first-order valence-electron chi connectivity index (χ1n) is 7.73. The van der Waals surface area contributed by atoms with Crippen LogP contribution in [-0.4, -0.2) is 37.4 Å². The fourth-order valence-electron chi connectivity index (χ4n) is 3.62. The lowest BCUT2D eigenvalue weighted by Gasteiger charge is -2.31. The minimum atomic E-state index is -0.0367. The molecule has 0 amide bonds. The van der Waals surface area contributed by atoms with Crippen LogP contribution in [0, 0.1) is 5.92 Å². The molecule has 3 atom stereocenters. The van der Waals surface area contributed by atoms with Crippen LogP contribution >= 0.6 is 0 Å². The zero-order valence-corrected chi connectivity index (χ0v) is 12.3. The van der Waals surface area contributed by atoms with Crippen LogP contribution in [0.1, 0.15) is 52.9 Å². The van der Waals surface area contributed by atoms with Crippen LogP contribution in [0.3, 0.4) is 0 Å². The molecule has 0 aromatic carbocycles. The standard InChI is InChI=1S/C15H30N2O/c1-4-18-15(2,3)11-17-14-8-5-7-12(14)13-9-6-10-16-13/h12-14,16-17H,4-11H2,1-3H3. The molecule has 2 N–H and O–H groups in total. The molecule has 1 saturated carbocycles. The molecule has 3 heteroatoms. The summed E-state index contributed by atoms with van der Waals surface area (Å²) < 4.78 is 5.77. The average molecular weight is 254 g/mol. The first-order chi connectivity index (χ1) is 8.62. The van der Waals surface area contributed by atoms with E-state index >= 15 is 0 Å². The van der Waals surface area contributed by atoms with Crippen LogP contribution in [0.5, 0.6) is 0 Å². The van der Waals surface area contributed by atoms with Crippen molar-refractivity contribution >= 4 is 0 Å². The molecular weight excluding hydrogens is 224 g/mol. The third-order valence-corrected chi connectivity index (χ3v) is 4.51. The van der Waals surface area contributed by atoms with E-state index in [1.54, 1.807) is 0 Å². The molecule has 0 aromatic heterocycles. The van der Waals surface area contributed by atoms with E-state index in [-0.39, 0.29) is 5.60 Å². The zero-order chi connectivity index (χ0) is 13.0. The van der Waals surface area contributed by atoms with Crippen molar-refractivity contribution in [3.05, 3.63) is 0 Å². The van der Waals surface area contributed by atoms with Crippen molar-refractivity contribution in [1.29, 1.82) is 0 Å². The van der Waals surface area contributed by atoms with Gasteiger partial charge in [0, 0.05) is 25.2 Å². The Labute approximate surface area is 112 Å².